The molecular formula is C14H20N2OS. The van der Waals surface area contributed by atoms with Crippen LogP contribution in [0.5, 0.6) is 0 Å². The number of rotatable bonds is 6. The van der Waals surface area contributed by atoms with Gasteiger partial charge in [0, 0.05) is 17.3 Å². The Kier molecular flexibility index (Phi) is 4.19. The van der Waals surface area contributed by atoms with Crippen LogP contribution in [0.2, 0.25) is 0 Å². The number of nitrogens with zero attached hydrogens (tertiary/aromatic N) is 1. The van der Waals surface area contributed by atoms with E-state index in [1.54, 1.807) is 0 Å². The summed E-state index contributed by atoms with van der Waals surface area (Å²) in [4.78, 5) is 0. The van der Waals surface area contributed by atoms with Gasteiger partial charge in [-0.3, -0.25) is 0 Å². The van der Waals surface area contributed by atoms with Crippen molar-refractivity contribution >= 4 is 27.4 Å². The maximum Gasteiger partial charge on any atom is 0.117 e. The summed E-state index contributed by atoms with van der Waals surface area (Å²) < 4.78 is 4.41. The molecule has 2 aromatic rings. The number of hydrogen-bond donors (Lipinski definition) is 2. The van der Waals surface area contributed by atoms with E-state index in [4.69, 9.17) is 0 Å². The average molecular weight is 264 g/mol. The van der Waals surface area contributed by atoms with Crippen LogP contribution in [-0.2, 0) is 0 Å². The minimum Gasteiger partial charge on any atom is -0.396 e. The Labute approximate surface area is 112 Å². The molecular weight excluding hydrogens is 244 g/mol. The molecule has 0 amide bonds. The van der Waals surface area contributed by atoms with Gasteiger partial charge in [-0.05, 0) is 36.5 Å². The van der Waals surface area contributed by atoms with E-state index in [9.17, 15) is 5.11 Å². The van der Waals surface area contributed by atoms with E-state index in [1.165, 1.54) is 16.9 Å². The molecule has 0 saturated heterocycles. The molecule has 4 heteroatoms. The molecule has 0 bridgehead atoms. The molecule has 0 radical (unpaired) electrons. The smallest absolute Gasteiger partial charge is 0.117 e. The van der Waals surface area contributed by atoms with Crippen molar-refractivity contribution in [1.29, 1.82) is 0 Å². The molecule has 18 heavy (non-hydrogen) atoms. The summed E-state index contributed by atoms with van der Waals surface area (Å²) in [6.45, 7) is 5.28. The Balaban J connectivity index is 2.14. The molecule has 3 nitrogen and oxygen atoms in total. The van der Waals surface area contributed by atoms with Crippen LogP contribution in [0.4, 0.5) is 5.00 Å². The van der Waals surface area contributed by atoms with Gasteiger partial charge in [0.05, 0.1) is 12.1 Å². The van der Waals surface area contributed by atoms with Crippen LogP contribution in [-0.4, -0.2) is 22.6 Å². The van der Waals surface area contributed by atoms with Gasteiger partial charge in [0.2, 0.25) is 0 Å². The van der Waals surface area contributed by atoms with Gasteiger partial charge >= 0.3 is 0 Å². The van der Waals surface area contributed by atoms with Gasteiger partial charge in [0.1, 0.15) is 5.00 Å². The molecule has 0 unspecified atom stereocenters. The standard InChI is InChI=1S/C14H20N2OS/c1-3-14(4-2,10-17)9-15-13-11-7-5-6-8-12(11)16-18-13/h5-8,15,17H,3-4,9-10H2,1-2H3. The van der Waals surface area contributed by atoms with E-state index in [0.717, 1.165) is 29.9 Å². The molecule has 2 rings (SSSR count). The number of fused-ring (bicyclic) bond motifs is 1. The molecule has 0 atom stereocenters. The summed E-state index contributed by atoms with van der Waals surface area (Å²) in [6, 6.07) is 8.14. The minimum absolute atomic E-state index is 0.0227. The zero-order chi connectivity index (χ0) is 13.0. The van der Waals surface area contributed by atoms with Gasteiger partial charge in [0.15, 0.2) is 0 Å². The van der Waals surface area contributed by atoms with E-state index in [0.29, 0.717) is 0 Å². The quantitative estimate of drug-likeness (QED) is 0.839. The summed E-state index contributed by atoms with van der Waals surface area (Å²) >= 11 is 1.49. The fourth-order valence-corrected chi connectivity index (χ4v) is 2.82. The Morgan fingerprint density at radius 2 is 2.00 bits per heavy atom. The first kappa shape index (κ1) is 13.3. The van der Waals surface area contributed by atoms with Gasteiger partial charge in [-0.15, -0.1) is 0 Å². The molecule has 0 aliphatic heterocycles. The fraction of sp³-hybridized carbons (Fsp3) is 0.500. The van der Waals surface area contributed by atoms with E-state index < -0.39 is 0 Å². The molecule has 0 spiro atoms. The molecule has 1 heterocycles. The highest BCUT2D eigenvalue weighted by molar-refractivity contribution is 7.11. The summed E-state index contributed by atoms with van der Waals surface area (Å²) in [6.07, 6.45) is 1.95. The number of nitrogens with one attached hydrogen (secondary N) is 1. The van der Waals surface area contributed by atoms with Crippen LogP contribution < -0.4 is 5.32 Å². The summed E-state index contributed by atoms with van der Waals surface area (Å²) in [5, 5.41) is 15.3. The lowest BCUT2D eigenvalue weighted by atomic mass is 9.83. The zero-order valence-electron chi connectivity index (χ0n) is 10.9. The van der Waals surface area contributed by atoms with Crippen LogP contribution in [0.1, 0.15) is 26.7 Å². The molecule has 1 aromatic carbocycles. The maximum absolute atomic E-state index is 9.57. The molecule has 0 aliphatic rings. The first-order chi connectivity index (χ1) is 8.74. The van der Waals surface area contributed by atoms with Crippen LogP contribution in [0.25, 0.3) is 10.9 Å². The van der Waals surface area contributed by atoms with E-state index in [-0.39, 0.29) is 12.0 Å². The number of benzene rings is 1. The van der Waals surface area contributed by atoms with Crippen molar-refractivity contribution in [2.45, 2.75) is 26.7 Å². The molecule has 0 fully saturated rings. The normalized spacial score (nSPS) is 11.9. The monoisotopic (exact) mass is 264 g/mol. The van der Waals surface area contributed by atoms with Gasteiger partial charge in [-0.2, -0.15) is 4.37 Å². The first-order valence-corrected chi connectivity index (χ1v) is 7.21. The molecule has 1 aromatic heterocycles. The predicted molar refractivity (Wildman–Crippen MR) is 78.2 cm³/mol. The van der Waals surface area contributed by atoms with Crippen LogP contribution in [0.3, 0.4) is 0 Å². The van der Waals surface area contributed by atoms with E-state index in [1.807, 2.05) is 18.2 Å². The van der Waals surface area contributed by atoms with Crippen molar-refractivity contribution in [3.8, 4) is 0 Å². The lowest BCUT2D eigenvalue weighted by Crippen LogP contribution is -2.32. The molecule has 98 valence electrons. The molecule has 0 saturated carbocycles. The average Bonchev–Trinajstić information content (AvgIpc) is 2.85. The Morgan fingerprint density at radius 3 is 2.67 bits per heavy atom. The lowest BCUT2D eigenvalue weighted by molar-refractivity contribution is 0.127. The number of anilines is 1. The largest absolute Gasteiger partial charge is 0.396 e. The van der Waals surface area contributed by atoms with Crippen molar-refractivity contribution in [2.75, 3.05) is 18.5 Å². The topological polar surface area (TPSA) is 45.1 Å². The van der Waals surface area contributed by atoms with Crippen molar-refractivity contribution in [3.63, 3.8) is 0 Å². The first-order valence-electron chi connectivity index (χ1n) is 6.44. The number of aromatic nitrogens is 1. The highest BCUT2D eigenvalue weighted by atomic mass is 32.1. The number of aliphatic hydroxyl groups excluding tert-OH is 1. The second-order valence-corrected chi connectivity index (χ2v) is 5.52. The Bertz CT molecular complexity index is 497. The second kappa shape index (κ2) is 5.67. The van der Waals surface area contributed by atoms with E-state index >= 15 is 0 Å². The predicted octanol–water partition coefficient (Wildman–Crippen LogP) is 3.51. The maximum atomic E-state index is 9.57. The van der Waals surface area contributed by atoms with Gasteiger partial charge in [-0.1, -0.05) is 26.0 Å². The third kappa shape index (κ3) is 2.49. The van der Waals surface area contributed by atoms with Crippen LogP contribution in [0, 0.1) is 5.41 Å². The minimum atomic E-state index is -0.0227. The molecule has 2 N–H and O–H groups in total. The summed E-state index contributed by atoms with van der Waals surface area (Å²) in [7, 11) is 0. The highest BCUT2D eigenvalue weighted by Crippen LogP contribution is 2.31. The summed E-state index contributed by atoms with van der Waals surface area (Å²) in [5.41, 5.74) is 1.01. The van der Waals surface area contributed by atoms with Gasteiger partial charge < -0.3 is 10.4 Å². The zero-order valence-corrected chi connectivity index (χ0v) is 11.8. The van der Waals surface area contributed by atoms with Crippen molar-refractivity contribution < 1.29 is 5.11 Å². The lowest BCUT2D eigenvalue weighted by Gasteiger charge is -2.29. The third-order valence-electron chi connectivity index (χ3n) is 3.84. The molecule has 0 aliphatic carbocycles. The van der Waals surface area contributed by atoms with Crippen molar-refractivity contribution in [1.82, 2.24) is 4.37 Å². The Morgan fingerprint density at radius 1 is 1.28 bits per heavy atom. The van der Waals surface area contributed by atoms with Crippen LogP contribution >= 0.6 is 11.5 Å². The highest BCUT2D eigenvalue weighted by Gasteiger charge is 2.25. The second-order valence-electron chi connectivity index (χ2n) is 4.75. The summed E-state index contributed by atoms with van der Waals surface area (Å²) in [5.74, 6) is 0. The van der Waals surface area contributed by atoms with Crippen molar-refractivity contribution in [3.05, 3.63) is 24.3 Å². The number of hydrogen-bond acceptors (Lipinski definition) is 4. The fourth-order valence-electron chi connectivity index (χ4n) is 2.06. The number of aliphatic hydroxyl groups is 1. The van der Waals surface area contributed by atoms with Gasteiger partial charge in [0.25, 0.3) is 0 Å². The van der Waals surface area contributed by atoms with E-state index in [2.05, 4.69) is 29.6 Å². The SMILES string of the molecule is CCC(CC)(CO)CNc1snc2ccccc12. The third-order valence-corrected chi connectivity index (χ3v) is 4.68. The van der Waals surface area contributed by atoms with Crippen LogP contribution in [0.15, 0.2) is 24.3 Å². The van der Waals surface area contributed by atoms with Crippen molar-refractivity contribution in [2.24, 2.45) is 5.41 Å². The van der Waals surface area contributed by atoms with Gasteiger partial charge in [-0.25, -0.2) is 0 Å². The Hall–Kier alpha value is -1.13.